The molecule has 0 aliphatic carbocycles. The monoisotopic (exact) mass is 524 g/mol. The number of fused-ring (bicyclic) bond motifs is 1. The van der Waals surface area contributed by atoms with Crippen molar-refractivity contribution in [2.75, 3.05) is 57.6 Å². The van der Waals surface area contributed by atoms with Crippen LogP contribution in [0.15, 0.2) is 35.4 Å². The minimum Gasteiger partial charge on any atom is -0.492 e. The number of rotatable bonds is 11. The third-order valence-electron chi connectivity index (χ3n) is 6.33. The Hall–Kier alpha value is -4.03. The van der Waals surface area contributed by atoms with Gasteiger partial charge < -0.3 is 25.3 Å². The number of Topliss-reactive ketones (excluding diaryl/α,β-unsaturated/α-hetero) is 1. The fourth-order valence-corrected chi connectivity index (χ4v) is 4.32. The zero-order valence-electron chi connectivity index (χ0n) is 21.6. The minimum atomic E-state index is -0.500. The normalized spacial score (nSPS) is 13.8. The van der Waals surface area contributed by atoms with Crippen molar-refractivity contribution in [2.45, 2.75) is 26.3 Å². The lowest BCUT2D eigenvalue weighted by Gasteiger charge is -2.26. The van der Waals surface area contributed by atoms with Crippen LogP contribution in [-0.2, 0) is 16.1 Å². The predicted molar refractivity (Wildman–Crippen MR) is 142 cm³/mol. The molecular formula is C26H32N6O6. The predicted octanol–water partition coefficient (Wildman–Crippen LogP) is 1.71. The molecule has 0 saturated carbocycles. The van der Waals surface area contributed by atoms with Crippen molar-refractivity contribution in [3.8, 4) is 11.5 Å². The first-order chi connectivity index (χ1) is 18.4. The van der Waals surface area contributed by atoms with Crippen molar-refractivity contribution in [1.29, 1.82) is 0 Å². The number of methoxy groups -OCH3 is 1. The zero-order valence-corrected chi connectivity index (χ0v) is 21.6. The Kier molecular flexibility index (Phi) is 8.87. The summed E-state index contributed by atoms with van der Waals surface area (Å²) in [5.74, 6) is 0.419. The Bertz CT molecular complexity index is 1350. The van der Waals surface area contributed by atoms with Gasteiger partial charge in [0.1, 0.15) is 12.4 Å². The summed E-state index contributed by atoms with van der Waals surface area (Å²) in [5.41, 5.74) is 5.38. The number of hydrogen-bond donors (Lipinski definition) is 2. The highest BCUT2D eigenvalue weighted by Gasteiger charge is 2.19. The molecule has 1 aromatic carbocycles. The molecule has 38 heavy (non-hydrogen) atoms. The summed E-state index contributed by atoms with van der Waals surface area (Å²) in [7, 11) is 1.46. The maximum absolute atomic E-state index is 13.2. The van der Waals surface area contributed by atoms with Crippen LogP contribution in [0, 0.1) is 0 Å². The fourth-order valence-electron chi connectivity index (χ4n) is 4.32. The highest BCUT2D eigenvalue weighted by molar-refractivity contribution is 6.04. The van der Waals surface area contributed by atoms with E-state index >= 15 is 0 Å². The van der Waals surface area contributed by atoms with E-state index in [0.29, 0.717) is 35.2 Å². The first-order valence-electron chi connectivity index (χ1n) is 12.5. The van der Waals surface area contributed by atoms with Crippen LogP contribution in [0.2, 0.25) is 0 Å². The number of benzene rings is 1. The van der Waals surface area contributed by atoms with Crippen molar-refractivity contribution in [2.24, 2.45) is 0 Å². The number of pyridine rings is 1. The van der Waals surface area contributed by atoms with E-state index in [1.807, 2.05) is 0 Å². The molecule has 0 unspecified atom stereocenters. The van der Waals surface area contributed by atoms with Crippen LogP contribution in [0.25, 0.3) is 10.8 Å². The number of nitrogen functional groups attached to an aromatic ring is 1. The molecule has 0 spiro atoms. The van der Waals surface area contributed by atoms with Gasteiger partial charge in [-0.2, -0.15) is 0 Å². The second-order valence-electron chi connectivity index (χ2n) is 8.81. The van der Waals surface area contributed by atoms with Crippen LogP contribution in [0.5, 0.6) is 11.5 Å². The summed E-state index contributed by atoms with van der Waals surface area (Å²) in [6.45, 7) is 6.07. The van der Waals surface area contributed by atoms with E-state index in [1.54, 1.807) is 25.1 Å². The third-order valence-corrected chi connectivity index (χ3v) is 6.33. The molecule has 1 fully saturated rings. The number of nitrogens with two attached hydrogens (primary N) is 1. The van der Waals surface area contributed by atoms with Gasteiger partial charge in [-0.1, -0.05) is 0 Å². The number of nitrogens with zero attached hydrogens (tertiary/aromatic N) is 4. The molecule has 0 bridgehead atoms. The third kappa shape index (κ3) is 6.26. The molecule has 0 radical (unpaired) electrons. The molecule has 12 nitrogen and oxygen atoms in total. The second-order valence-corrected chi connectivity index (χ2v) is 8.81. The molecular weight excluding hydrogens is 492 g/mol. The van der Waals surface area contributed by atoms with Gasteiger partial charge in [0.25, 0.3) is 11.5 Å². The van der Waals surface area contributed by atoms with Gasteiger partial charge >= 0.3 is 0 Å². The number of ketones is 1. The van der Waals surface area contributed by atoms with Crippen molar-refractivity contribution in [1.82, 2.24) is 19.4 Å². The Labute approximate surface area is 219 Å². The Morgan fingerprint density at radius 2 is 1.89 bits per heavy atom. The Morgan fingerprint density at radius 1 is 1.16 bits per heavy atom. The topological polar surface area (TPSA) is 151 Å². The van der Waals surface area contributed by atoms with Gasteiger partial charge in [0.2, 0.25) is 5.95 Å². The lowest BCUT2D eigenvalue weighted by molar-refractivity contribution is -0.121. The van der Waals surface area contributed by atoms with Crippen molar-refractivity contribution < 1.29 is 23.8 Å². The SMILES string of the molecule is CCn1c(NC(=O)c2cnc(N)nc2)cc2c(OC)c(OCC(=O)CCCN3CCOCC3)ccc2c1=O. The highest BCUT2D eigenvalue weighted by atomic mass is 16.5. The van der Waals surface area contributed by atoms with Gasteiger partial charge in [0.15, 0.2) is 17.3 Å². The quantitative estimate of drug-likeness (QED) is 0.379. The Balaban J connectivity index is 1.51. The summed E-state index contributed by atoms with van der Waals surface area (Å²) in [4.78, 5) is 48.4. The molecule has 3 aromatic rings. The van der Waals surface area contributed by atoms with Crippen LogP contribution in [0.3, 0.4) is 0 Å². The number of aromatic nitrogens is 3. The Morgan fingerprint density at radius 3 is 2.58 bits per heavy atom. The van der Waals surface area contributed by atoms with Crippen molar-refractivity contribution in [3.63, 3.8) is 0 Å². The molecule has 1 aliphatic rings. The average Bonchev–Trinajstić information content (AvgIpc) is 2.92. The van der Waals surface area contributed by atoms with Crippen LogP contribution in [0.4, 0.5) is 11.8 Å². The maximum atomic E-state index is 13.2. The van der Waals surface area contributed by atoms with Gasteiger partial charge in [0, 0.05) is 43.8 Å². The number of anilines is 2. The first kappa shape index (κ1) is 27.0. The molecule has 1 aliphatic heterocycles. The van der Waals surface area contributed by atoms with Gasteiger partial charge in [-0.15, -0.1) is 0 Å². The molecule has 0 atom stereocenters. The molecule has 3 heterocycles. The van der Waals surface area contributed by atoms with Crippen molar-refractivity contribution in [3.05, 3.63) is 46.5 Å². The van der Waals surface area contributed by atoms with Crippen molar-refractivity contribution >= 4 is 34.2 Å². The van der Waals surface area contributed by atoms with E-state index in [2.05, 4.69) is 20.2 Å². The second kappa shape index (κ2) is 12.5. The number of ether oxygens (including phenoxy) is 3. The fraction of sp³-hybridized carbons (Fsp3) is 0.423. The first-order valence-corrected chi connectivity index (χ1v) is 12.5. The van der Waals surface area contributed by atoms with E-state index in [1.165, 1.54) is 24.1 Å². The van der Waals surface area contributed by atoms with Crippen LogP contribution >= 0.6 is 0 Å². The summed E-state index contributed by atoms with van der Waals surface area (Å²) in [5, 5.41) is 3.58. The number of carbonyl (C=O) groups excluding carboxylic acids is 2. The van der Waals surface area contributed by atoms with E-state index in [0.717, 1.165) is 39.3 Å². The minimum absolute atomic E-state index is 0.0273. The van der Waals surface area contributed by atoms with E-state index < -0.39 is 5.91 Å². The van der Waals surface area contributed by atoms with Crippen LogP contribution < -0.4 is 26.1 Å². The summed E-state index contributed by atoms with van der Waals surface area (Å²) >= 11 is 0. The highest BCUT2D eigenvalue weighted by Crippen LogP contribution is 2.35. The van der Waals surface area contributed by atoms with Crippen LogP contribution in [0.1, 0.15) is 30.1 Å². The number of nitrogens with one attached hydrogen (secondary N) is 1. The summed E-state index contributed by atoms with van der Waals surface area (Å²) in [6.07, 6.45) is 3.75. The van der Waals surface area contributed by atoms with E-state index in [4.69, 9.17) is 19.9 Å². The number of hydrogen-bond acceptors (Lipinski definition) is 10. The lowest BCUT2D eigenvalue weighted by Crippen LogP contribution is -2.37. The molecule has 3 N–H and O–H groups in total. The number of carbonyl (C=O) groups is 2. The molecule has 2 aromatic heterocycles. The maximum Gasteiger partial charge on any atom is 0.260 e. The molecule has 12 heteroatoms. The van der Waals surface area contributed by atoms with Gasteiger partial charge in [-0.05, 0) is 38.1 Å². The van der Waals surface area contributed by atoms with E-state index in [-0.39, 0.29) is 35.3 Å². The van der Waals surface area contributed by atoms with Crippen LogP contribution in [-0.4, -0.2) is 77.7 Å². The lowest BCUT2D eigenvalue weighted by atomic mass is 10.1. The standard InChI is InChI=1S/C26H32N6O6/c1-3-32-22(30-24(34)17-14-28-26(27)29-15-17)13-20-19(25(32)35)6-7-21(23(20)36-2)38-16-18(33)5-4-8-31-9-11-37-12-10-31/h6-7,13-15H,3-5,8-12,16H2,1-2H3,(H,30,34)(H2,27,28,29). The number of amides is 1. The molecule has 1 saturated heterocycles. The molecule has 202 valence electrons. The summed E-state index contributed by atoms with van der Waals surface area (Å²) in [6, 6.07) is 4.89. The number of morpholine rings is 1. The average molecular weight is 525 g/mol. The molecule has 4 rings (SSSR count). The van der Waals surface area contributed by atoms with Gasteiger partial charge in [0.05, 0.1) is 31.3 Å². The summed E-state index contributed by atoms with van der Waals surface area (Å²) < 4.78 is 18.2. The smallest absolute Gasteiger partial charge is 0.260 e. The molecule has 1 amide bonds. The van der Waals surface area contributed by atoms with Gasteiger partial charge in [-0.25, -0.2) is 9.97 Å². The zero-order chi connectivity index (χ0) is 27.1. The van der Waals surface area contributed by atoms with E-state index in [9.17, 15) is 14.4 Å². The van der Waals surface area contributed by atoms with Gasteiger partial charge in [-0.3, -0.25) is 23.9 Å². The largest absolute Gasteiger partial charge is 0.492 e.